The van der Waals surface area contributed by atoms with Crippen LogP contribution in [0.5, 0.6) is 5.75 Å². The predicted molar refractivity (Wildman–Crippen MR) is 116 cm³/mol. The Morgan fingerprint density at radius 1 is 1.32 bits per heavy atom. The van der Waals surface area contributed by atoms with Crippen molar-refractivity contribution in [2.75, 3.05) is 18.4 Å². The van der Waals surface area contributed by atoms with Gasteiger partial charge in [0.2, 0.25) is 11.8 Å². The van der Waals surface area contributed by atoms with Gasteiger partial charge in [0.15, 0.2) is 0 Å². The number of nitrogens with one attached hydrogen (secondary N) is 1. The van der Waals surface area contributed by atoms with Crippen molar-refractivity contribution >= 4 is 17.5 Å². The minimum absolute atomic E-state index is 0.00757. The van der Waals surface area contributed by atoms with Gasteiger partial charge in [-0.15, -0.1) is 0 Å². The third-order valence-electron chi connectivity index (χ3n) is 6.38. The van der Waals surface area contributed by atoms with Crippen LogP contribution in [0.15, 0.2) is 18.2 Å². The van der Waals surface area contributed by atoms with Gasteiger partial charge in [-0.25, -0.2) is 0 Å². The molecule has 8 nitrogen and oxygen atoms in total. The van der Waals surface area contributed by atoms with Gasteiger partial charge in [-0.1, -0.05) is 6.07 Å². The molecule has 0 saturated carbocycles. The summed E-state index contributed by atoms with van der Waals surface area (Å²) in [5.74, 6) is 0.664. The highest BCUT2D eigenvalue weighted by atomic mass is 16.5. The number of piperidine rings is 1. The number of aliphatic hydroxyl groups excluding tert-OH is 1. The van der Waals surface area contributed by atoms with Crippen LogP contribution in [-0.4, -0.2) is 56.9 Å². The number of hydrogen-bond donors (Lipinski definition) is 2. The molecule has 1 aromatic heterocycles. The Morgan fingerprint density at radius 2 is 2.13 bits per heavy atom. The maximum atomic E-state index is 12.7. The number of benzene rings is 1. The average Bonchev–Trinajstić information content (AvgIpc) is 2.98. The molecule has 2 N–H and O–H groups in total. The van der Waals surface area contributed by atoms with Gasteiger partial charge in [0.25, 0.3) is 0 Å². The van der Waals surface area contributed by atoms with Gasteiger partial charge in [0.05, 0.1) is 12.2 Å². The molecule has 2 atom stereocenters. The van der Waals surface area contributed by atoms with E-state index in [1.165, 1.54) is 0 Å². The molecule has 0 radical (unpaired) electrons. The quantitative estimate of drug-likeness (QED) is 0.761. The molecule has 1 saturated heterocycles. The van der Waals surface area contributed by atoms with Gasteiger partial charge in [-0.3, -0.25) is 14.3 Å². The van der Waals surface area contributed by atoms with E-state index in [9.17, 15) is 14.7 Å². The fourth-order valence-corrected chi connectivity index (χ4v) is 4.44. The SMILES string of the molecule is Cc1nn(C)c(C)c1CCC(=O)N1CC[C@@H](Oc2ccc3c(c2)NC(=O)CC3)[C@H](O)C1. The second-order valence-electron chi connectivity index (χ2n) is 8.49. The van der Waals surface area contributed by atoms with Crippen LogP contribution in [0.2, 0.25) is 0 Å². The van der Waals surface area contributed by atoms with Crippen molar-refractivity contribution in [3.63, 3.8) is 0 Å². The van der Waals surface area contributed by atoms with Crippen LogP contribution < -0.4 is 10.1 Å². The fraction of sp³-hybridized carbons (Fsp3) is 0.522. The van der Waals surface area contributed by atoms with Crippen LogP contribution in [0.25, 0.3) is 0 Å². The summed E-state index contributed by atoms with van der Waals surface area (Å²) in [5.41, 5.74) is 5.03. The summed E-state index contributed by atoms with van der Waals surface area (Å²) in [4.78, 5) is 26.1. The van der Waals surface area contributed by atoms with E-state index >= 15 is 0 Å². The Kier molecular flexibility index (Phi) is 6.00. The molecule has 3 heterocycles. The van der Waals surface area contributed by atoms with Crippen LogP contribution in [0.1, 0.15) is 41.8 Å². The van der Waals surface area contributed by atoms with E-state index in [0.717, 1.165) is 34.6 Å². The maximum absolute atomic E-state index is 12.7. The number of hydrogen-bond acceptors (Lipinski definition) is 5. The Labute approximate surface area is 182 Å². The molecule has 0 spiro atoms. The highest BCUT2D eigenvalue weighted by Gasteiger charge is 2.32. The number of likely N-dealkylation sites (tertiary alicyclic amines) is 1. The first-order chi connectivity index (χ1) is 14.8. The molecule has 2 aliphatic rings. The number of nitrogens with zero attached hydrogens (tertiary/aromatic N) is 3. The molecule has 31 heavy (non-hydrogen) atoms. The van der Waals surface area contributed by atoms with E-state index < -0.39 is 6.10 Å². The van der Waals surface area contributed by atoms with Crippen LogP contribution in [0.3, 0.4) is 0 Å². The summed E-state index contributed by atoms with van der Waals surface area (Å²) in [6, 6.07) is 5.64. The fourth-order valence-electron chi connectivity index (χ4n) is 4.44. The number of aromatic nitrogens is 2. The number of fused-ring (bicyclic) bond motifs is 1. The van der Waals surface area contributed by atoms with Crippen LogP contribution >= 0.6 is 0 Å². The predicted octanol–water partition coefficient (Wildman–Crippen LogP) is 1.90. The first-order valence-corrected chi connectivity index (χ1v) is 10.9. The van der Waals surface area contributed by atoms with Crippen molar-refractivity contribution in [2.24, 2.45) is 7.05 Å². The lowest BCUT2D eigenvalue weighted by Crippen LogP contribution is -2.51. The van der Waals surface area contributed by atoms with Crippen LogP contribution in [0, 0.1) is 13.8 Å². The zero-order chi connectivity index (χ0) is 22.1. The van der Waals surface area contributed by atoms with E-state index in [0.29, 0.717) is 38.0 Å². The molecule has 0 bridgehead atoms. The van der Waals surface area contributed by atoms with E-state index in [2.05, 4.69) is 10.4 Å². The molecule has 2 aromatic rings. The zero-order valence-electron chi connectivity index (χ0n) is 18.4. The average molecular weight is 427 g/mol. The van der Waals surface area contributed by atoms with Gasteiger partial charge in [0.1, 0.15) is 18.0 Å². The summed E-state index contributed by atoms with van der Waals surface area (Å²) in [5, 5.41) is 17.9. The number of anilines is 1. The molecule has 1 aromatic carbocycles. The lowest BCUT2D eigenvalue weighted by atomic mass is 10.0. The topological polar surface area (TPSA) is 96.7 Å². The normalized spacial score (nSPS) is 20.9. The van der Waals surface area contributed by atoms with Crippen molar-refractivity contribution < 1.29 is 19.4 Å². The molecule has 0 aliphatic carbocycles. The van der Waals surface area contributed by atoms with Gasteiger partial charge >= 0.3 is 0 Å². The van der Waals surface area contributed by atoms with E-state index in [-0.39, 0.29) is 24.5 Å². The number of carbonyl (C=O) groups is 2. The summed E-state index contributed by atoms with van der Waals surface area (Å²) in [7, 11) is 1.91. The summed E-state index contributed by atoms with van der Waals surface area (Å²) in [6.07, 6.45) is 1.69. The molecule has 2 aliphatic heterocycles. The molecular formula is C23H30N4O4. The Balaban J connectivity index is 1.32. The van der Waals surface area contributed by atoms with Crippen molar-refractivity contribution in [3.8, 4) is 5.75 Å². The zero-order valence-corrected chi connectivity index (χ0v) is 18.4. The molecule has 166 valence electrons. The highest BCUT2D eigenvalue weighted by molar-refractivity contribution is 5.94. The Morgan fingerprint density at radius 3 is 2.84 bits per heavy atom. The Bertz CT molecular complexity index is 1000. The van der Waals surface area contributed by atoms with Gasteiger partial charge in [-0.2, -0.15) is 5.10 Å². The monoisotopic (exact) mass is 426 g/mol. The number of aliphatic hydroxyl groups is 1. The second kappa shape index (κ2) is 8.70. The third-order valence-corrected chi connectivity index (χ3v) is 6.38. The number of aryl methyl sites for hydroxylation is 3. The summed E-state index contributed by atoms with van der Waals surface area (Å²) in [6.45, 7) is 4.79. The first-order valence-electron chi connectivity index (χ1n) is 10.9. The minimum atomic E-state index is -0.759. The van der Waals surface area contributed by atoms with Crippen molar-refractivity contribution in [1.82, 2.24) is 14.7 Å². The maximum Gasteiger partial charge on any atom is 0.224 e. The lowest BCUT2D eigenvalue weighted by molar-refractivity contribution is -0.137. The van der Waals surface area contributed by atoms with E-state index in [1.807, 2.05) is 43.8 Å². The van der Waals surface area contributed by atoms with Crippen molar-refractivity contribution in [1.29, 1.82) is 0 Å². The van der Waals surface area contributed by atoms with E-state index in [4.69, 9.17) is 4.74 Å². The molecular weight excluding hydrogens is 396 g/mol. The lowest BCUT2D eigenvalue weighted by Gasteiger charge is -2.36. The molecule has 2 amide bonds. The van der Waals surface area contributed by atoms with Crippen molar-refractivity contribution in [3.05, 3.63) is 40.7 Å². The Hall–Kier alpha value is -2.87. The number of rotatable bonds is 5. The number of ether oxygens (including phenoxy) is 1. The van der Waals surface area contributed by atoms with E-state index in [1.54, 1.807) is 4.90 Å². The largest absolute Gasteiger partial charge is 0.488 e. The number of amides is 2. The molecule has 4 rings (SSSR count). The standard InChI is InChI=1S/C23H30N4O4/c1-14-18(15(2)26(3)25-14)7-9-23(30)27-11-10-21(20(28)13-27)31-17-6-4-16-5-8-22(29)24-19(16)12-17/h4,6,12,20-21,28H,5,7-11,13H2,1-3H3,(H,24,29)/t20-,21-/m1/s1. The summed E-state index contributed by atoms with van der Waals surface area (Å²) < 4.78 is 7.85. The second-order valence-corrected chi connectivity index (χ2v) is 8.49. The first kappa shape index (κ1) is 21.4. The minimum Gasteiger partial charge on any atom is -0.488 e. The van der Waals surface area contributed by atoms with Crippen molar-refractivity contribution in [2.45, 2.75) is 58.2 Å². The molecule has 0 unspecified atom stereocenters. The molecule has 1 fully saturated rings. The number of carbonyl (C=O) groups excluding carboxylic acids is 2. The van der Waals surface area contributed by atoms with Gasteiger partial charge in [-0.05, 0) is 43.9 Å². The number of β-amino-alcohol motifs (C(OH)–C–C–N with tert-alkyl or cyclic N) is 1. The van der Waals surface area contributed by atoms with Gasteiger partial charge in [0, 0.05) is 50.3 Å². The highest BCUT2D eigenvalue weighted by Crippen LogP contribution is 2.29. The molecule has 8 heteroatoms. The van der Waals surface area contributed by atoms with Crippen LogP contribution in [0.4, 0.5) is 5.69 Å². The van der Waals surface area contributed by atoms with Crippen LogP contribution in [-0.2, 0) is 29.5 Å². The third kappa shape index (κ3) is 4.58. The summed E-state index contributed by atoms with van der Waals surface area (Å²) >= 11 is 0. The van der Waals surface area contributed by atoms with Gasteiger partial charge < -0.3 is 20.1 Å². The smallest absolute Gasteiger partial charge is 0.224 e.